The van der Waals surface area contributed by atoms with Gasteiger partial charge in [-0.05, 0) is 73.0 Å². The van der Waals surface area contributed by atoms with E-state index < -0.39 is 0 Å². The van der Waals surface area contributed by atoms with Gasteiger partial charge >= 0.3 is 0 Å². The van der Waals surface area contributed by atoms with Gasteiger partial charge in [0, 0.05) is 25.2 Å². The zero-order chi connectivity index (χ0) is 31.1. The molecule has 43 heavy (non-hydrogen) atoms. The van der Waals surface area contributed by atoms with E-state index in [1.807, 2.05) is 85.6 Å². The molecular weight excluding hydrogens is 560 g/mol. The van der Waals surface area contributed by atoms with Crippen molar-refractivity contribution < 1.29 is 14.2 Å². The van der Waals surface area contributed by atoms with E-state index in [0.29, 0.717) is 37.4 Å². The molecule has 0 atom stereocenters. The van der Waals surface area contributed by atoms with E-state index in [9.17, 15) is 0 Å². The molecule has 0 bridgehead atoms. The van der Waals surface area contributed by atoms with Crippen molar-refractivity contribution in [2.24, 2.45) is 4.99 Å². The third-order valence-electron chi connectivity index (χ3n) is 6.53. The Labute approximate surface area is 260 Å². The molecule has 1 heterocycles. The molecule has 0 saturated carbocycles. The van der Waals surface area contributed by atoms with Gasteiger partial charge in [-0.25, -0.2) is 4.98 Å². The van der Waals surface area contributed by atoms with Crippen molar-refractivity contribution in [3.8, 4) is 23.4 Å². The number of nitriles is 1. The molecule has 0 aliphatic carbocycles. The molecule has 0 saturated heterocycles. The molecule has 3 aromatic carbocycles. The highest BCUT2D eigenvalue weighted by Gasteiger charge is 2.21. The number of aliphatic imine (C=N–C) groups is 1. The molecule has 4 aromatic rings. The fraction of sp³-hybridized carbons (Fsp3) is 0.286. The summed E-state index contributed by atoms with van der Waals surface area (Å²) in [5, 5.41) is 8.87. The highest BCUT2D eigenvalue weighted by atomic mass is 35.5. The van der Waals surface area contributed by atoms with Crippen LogP contribution in [0.1, 0.15) is 44.4 Å². The maximum atomic E-state index is 8.39. The van der Waals surface area contributed by atoms with Gasteiger partial charge in [0.15, 0.2) is 0 Å². The monoisotopic (exact) mass is 598 g/mol. The first-order valence-electron chi connectivity index (χ1n) is 14.1. The highest BCUT2D eigenvalue weighted by Crippen LogP contribution is 2.27. The lowest BCUT2D eigenvalue weighted by molar-refractivity contribution is 0.0824. The van der Waals surface area contributed by atoms with E-state index >= 15 is 0 Å². The summed E-state index contributed by atoms with van der Waals surface area (Å²) in [6.07, 6.45) is 3.46. The fourth-order valence-corrected chi connectivity index (χ4v) is 4.16. The Kier molecular flexibility index (Phi) is 13.0. The van der Waals surface area contributed by atoms with Crippen LogP contribution in [0.3, 0.4) is 0 Å². The summed E-state index contributed by atoms with van der Waals surface area (Å²) in [6, 6.07) is 29.7. The largest absolute Gasteiger partial charge is 0.494 e. The third kappa shape index (κ3) is 11.4. The van der Waals surface area contributed by atoms with Gasteiger partial charge in [0.1, 0.15) is 28.2 Å². The van der Waals surface area contributed by atoms with Crippen LogP contribution in [0, 0.1) is 11.5 Å². The second-order valence-electron chi connectivity index (χ2n) is 10.5. The topological polar surface area (TPSA) is 80.0 Å². The summed E-state index contributed by atoms with van der Waals surface area (Å²) in [7, 11) is 1.87. The Morgan fingerprint density at radius 3 is 2.30 bits per heavy atom. The number of benzene rings is 3. The normalized spacial score (nSPS) is 11.1. The summed E-state index contributed by atoms with van der Waals surface area (Å²) in [4.78, 5) is 9.48. The predicted octanol–water partition coefficient (Wildman–Crippen LogP) is 8.44. The standard InChI is InChI=1S/C25H28O3.C10H11ClN4/c1-4-27-22-15-13-21(14-16-22)25(2,3)19-26-18-20-9-8-12-24(17-20)28-23-10-6-5-7-11-23;1-8(14-7-12)15(2)6-9-3-4-10(11)13-5-9/h5-17H,4,18-19H2,1-3H3;3-5H,6H2,1-2H3/b;14-8+. The molecular formula is C35H39ClN4O3. The van der Waals surface area contributed by atoms with Crippen LogP contribution in [-0.4, -0.2) is 36.0 Å². The molecule has 4 rings (SSSR count). The molecule has 0 fully saturated rings. The lowest BCUT2D eigenvalue weighted by atomic mass is 9.85. The van der Waals surface area contributed by atoms with Gasteiger partial charge in [0.25, 0.3) is 0 Å². The molecule has 0 unspecified atom stereocenters. The van der Waals surface area contributed by atoms with Gasteiger partial charge < -0.3 is 19.1 Å². The molecule has 8 heteroatoms. The SMILES string of the molecule is C/C(=N\C#N)N(C)Cc1ccc(Cl)nc1.CCOc1ccc(C(C)(C)COCc2cccc(Oc3ccccc3)c2)cc1. The second kappa shape index (κ2) is 16.9. The van der Waals surface area contributed by atoms with Crippen LogP contribution >= 0.6 is 11.6 Å². The summed E-state index contributed by atoms with van der Waals surface area (Å²) in [6.45, 7) is 10.7. The fourth-order valence-electron chi connectivity index (χ4n) is 4.05. The van der Waals surface area contributed by atoms with Crippen molar-refractivity contribution in [1.82, 2.24) is 9.88 Å². The lowest BCUT2D eigenvalue weighted by Crippen LogP contribution is -2.24. The van der Waals surface area contributed by atoms with Crippen LogP contribution in [-0.2, 0) is 23.3 Å². The van der Waals surface area contributed by atoms with E-state index in [0.717, 1.165) is 28.4 Å². The first-order chi connectivity index (χ1) is 20.7. The number of hydrogen-bond donors (Lipinski definition) is 0. The van der Waals surface area contributed by atoms with Crippen LogP contribution in [0.25, 0.3) is 0 Å². The van der Waals surface area contributed by atoms with E-state index in [2.05, 4.69) is 42.0 Å². The van der Waals surface area contributed by atoms with Crippen molar-refractivity contribution in [3.05, 3.63) is 119 Å². The van der Waals surface area contributed by atoms with Crippen molar-refractivity contribution in [1.29, 1.82) is 5.26 Å². The first kappa shape index (κ1) is 33.1. The zero-order valence-corrected chi connectivity index (χ0v) is 26.2. The van der Waals surface area contributed by atoms with Crippen LogP contribution in [0.15, 0.2) is 102 Å². The number of para-hydroxylation sites is 1. The summed E-state index contributed by atoms with van der Waals surface area (Å²) in [5.41, 5.74) is 3.27. The van der Waals surface area contributed by atoms with E-state index in [4.69, 9.17) is 31.1 Å². The van der Waals surface area contributed by atoms with Crippen LogP contribution in [0.2, 0.25) is 5.15 Å². The Morgan fingerprint density at radius 1 is 0.930 bits per heavy atom. The Morgan fingerprint density at radius 2 is 1.65 bits per heavy atom. The molecule has 0 radical (unpaired) electrons. The van der Waals surface area contributed by atoms with E-state index in [1.54, 1.807) is 25.4 Å². The maximum absolute atomic E-state index is 8.39. The quantitative estimate of drug-likeness (QED) is 0.0746. The van der Waals surface area contributed by atoms with Gasteiger partial charge in [0.05, 0.1) is 19.8 Å². The number of aromatic nitrogens is 1. The van der Waals surface area contributed by atoms with Gasteiger partial charge in [-0.1, -0.05) is 74.0 Å². The first-order valence-corrected chi connectivity index (χ1v) is 14.5. The smallest absolute Gasteiger partial charge is 0.207 e. The average Bonchev–Trinajstić information content (AvgIpc) is 3.00. The van der Waals surface area contributed by atoms with Crippen LogP contribution < -0.4 is 9.47 Å². The van der Waals surface area contributed by atoms with Crippen molar-refractivity contribution in [2.45, 2.75) is 46.3 Å². The molecule has 0 aliphatic heterocycles. The maximum Gasteiger partial charge on any atom is 0.207 e. The highest BCUT2D eigenvalue weighted by molar-refractivity contribution is 6.29. The van der Waals surface area contributed by atoms with Gasteiger partial charge in [0.2, 0.25) is 6.19 Å². The minimum absolute atomic E-state index is 0.0805. The second-order valence-corrected chi connectivity index (χ2v) is 10.9. The molecule has 0 spiro atoms. The Hall–Kier alpha value is -4.38. The van der Waals surface area contributed by atoms with Gasteiger partial charge in [-0.3, -0.25) is 0 Å². The number of nitrogens with zero attached hydrogens (tertiary/aromatic N) is 4. The summed E-state index contributed by atoms with van der Waals surface area (Å²) < 4.78 is 17.5. The molecule has 7 nitrogen and oxygen atoms in total. The van der Waals surface area contributed by atoms with Crippen LogP contribution in [0.4, 0.5) is 0 Å². The average molecular weight is 599 g/mol. The Bertz CT molecular complexity index is 1470. The van der Waals surface area contributed by atoms with E-state index in [1.165, 1.54) is 5.56 Å². The van der Waals surface area contributed by atoms with Crippen molar-refractivity contribution in [2.75, 3.05) is 20.3 Å². The van der Waals surface area contributed by atoms with E-state index in [-0.39, 0.29) is 5.41 Å². The molecule has 0 aliphatic rings. The molecule has 224 valence electrons. The number of ether oxygens (including phenoxy) is 3. The third-order valence-corrected chi connectivity index (χ3v) is 6.75. The Balaban J connectivity index is 0.000000285. The molecule has 0 N–H and O–H groups in total. The number of hydrogen-bond acceptors (Lipinski definition) is 6. The number of rotatable bonds is 11. The zero-order valence-electron chi connectivity index (χ0n) is 25.5. The van der Waals surface area contributed by atoms with Crippen LogP contribution in [0.5, 0.6) is 17.2 Å². The molecule has 1 aromatic heterocycles. The number of halogens is 1. The van der Waals surface area contributed by atoms with Gasteiger partial charge in [-0.15, -0.1) is 0 Å². The van der Waals surface area contributed by atoms with Crippen molar-refractivity contribution in [3.63, 3.8) is 0 Å². The minimum Gasteiger partial charge on any atom is -0.494 e. The van der Waals surface area contributed by atoms with Crippen molar-refractivity contribution >= 4 is 17.4 Å². The number of amidine groups is 1. The lowest BCUT2D eigenvalue weighted by Gasteiger charge is -2.25. The molecule has 0 amide bonds. The summed E-state index contributed by atoms with van der Waals surface area (Å²) in [5.74, 6) is 3.22. The number of pyridine rings is 1. The summed E-state index contributed by atoms with van der Waals surface area (Å²) >= 11 is 5.67. The predicted molar refractivity (Wildman–Crippen MR) is 173 cm³/mol. The van der Waals surface area contributed by atoms with Gasteiger partial charge in [-0.2, -0.15) is 10.3 Å². The minimum atomic E-state index is -0.0805.